The van der Waals surface area contributed by atoms with Gasteiger partial charge < -0.3 is 45.0 Å². The second-order valence-electron chi connectivity index (χ2n) is 1.78. The minimum absolute atomic E-state index is 0. The average Bonchev–Trinajstić information content (AvgIpc) is 2.18. The smallest absolute Gasteiger partial charge is 0.539 e. The molecule has 0 aliphatic carbocycles. The van der Waals surface area contributed by atoms with Crippen LogP contribution in [0.15, 0.2) is 0 Å². The number of hydrogen-bond acceptors (Lipinski definition) is 9. The maximum Gasteiger partial charge on any atom is 1.00 e. The predicted octanol–water partition coefficient (Wildman–Crippen LogP) is -15.5. The Balaban J connectivity index is -0.0000000281. The monoisotopic (exact) mass is 436 g/mol. The Kier molecular flexibility index (Phi) is 56.2. The second kappa shape index (κ2) is 28.1. The van der Waals surface area contributed by atoms with Crippen LogP contribution in [0.25, 0.3) is 0 Å². The number of carbonyl (C=O) groups is 6. The zero-order chi connectivity index (χ0) is 15.5. The molecule has 0 saturated carbocycles. The Bertz CT molecular complexity index is 290. The van der Waals surface area contributed by atoms with Crippen molar-refractivity contribution in [2.45, 2.75) is 0 Å². The van der Waals surface area contributed by atoms with Crippen molar-refractivity contribution in [2.75, 3.05) is 0 Å². The quantitative estimate of drug-likeness (QED) is 0.237. The molecule has 0 unspecified atom stereocenters. The van der Waals surface area contributed by atoms with E-state index in [0.717, 1.165) is 0 Å². The van der Waals surface area contributed by atoms with Gasteiger partial charge in [-0.25, -0.2) is 14.4 Å². The molecule has 0 bridgehead atoms. The molecule has 3 N–H and O–H groups in total. The summed E-state index contributed by atoms with van der Waals surface area (Å²) in [5, 5.41) is 49.0. The summed E-state index contributed by atoms with van der Waals surface area (Å²) in [4.78, 5) is 54.1. The van der Waals surface area contributed by atoms with E-state index in [2.05, 4.69) is 0 Å². The molecule has 0 fully saturated rings. The van der Waals surface area contributed by atoms with Crippen LogP contribution >= 0.6 is 0 Å². The third-order valence-electron chi connectivity index (χ3n) is 0.524. The van der Waals surface area contributed by atoms with Crippen LogP contribution in [-0.2, 0) is 46.1 Å². The SMILES string of the molecule is O=C([O-])C(=O)O.O=C([O-])C(=O)O.O=C([O-])C(=O)O.[Cr].[K+].[K+].[K+]. The van der Waals surface area contributed by atoms with Crippen LogP contribution in [0.1, 0.15) is 0 Å². The fourth-order valence-corrected chi connectivity index (χ4v) is 0. The van der Waals surface area contributed by atoms with E-state index in [-0.39, 0.29) is 172 Å². The fraction of sp³-hybridized carbons (Fsp3) is 0. The van der Waals surface area contributed by atoms with Gasteiger partial charge in [0.25, 0.3) is 0 Å². The van der Waals surface area contributed by atoms with Crippen LogP contribution in [0.3, 0.4) is 0 Å². The summed E-state index contributed by atoms with van der Waals surface area (Å²) in [6.45, 7) is 0. The molecule has 0 aromatic rings. The van der Waals surface area contributed by atoms with Crippen LogP contribution in [-0.4, -0.2) is 51.1 Å². The van der Waals surface area contributed by atoms with Crippen molar-refractivity contribution >= 4 is 35.8 Å². The summed E-state index contributed by atoms with van der Waals surface area (Å²) in [5.41, 5.74) is 0. The zero-order valence-electron chi connectivity index (χ0n) is 11.4. The van der Waals surface area contributed by atoms with E-state index in [1.807, 2.05) is 0 Å². The summed E-state index contributed by atoms with van der Waals surface area (Å²) in [5.74, 6) is -12.0. The Morgan fingerprint density at radius 3 is 0.545 bits per heavy atom. The first-order chi connectivity index (χ1) is 7.93. The Labute approximate surface area is 260 Å². The largest absolute Gasteiger partial charge is 1.00 e. The molecule has 0 aromatic heterocycles. The van der Waals surface area contributed by atoms with Crippen molar-refractivity contribution in [2.24, 2.45) is 0 Å². The van der Waals surface area contributed by atoms with E-state index in [1.54, 1.807) is 0 Å². The molecular weight excluding hydrogens is 433 g/mol. The van der Waals surface area contributed by atoms with Gasteiger partial charge >= 0.3 is 172 Å². The normalized spacial score (nSPS) is 6.00. The van der Waals surface area contributed by atoms with Gasteiger partial charge in [0.05, 0.1) is 0 Å². The summed E-state index contributed by atoms with van der Waals surface area (Å²) in [7, 11) is 0. The van der Waals surface area contributed by atoms with Gasteiger partial charge in [-0.05, 0) is 0 Å². The van der Waals surface area contributed by atoms with Gasteiger partial charge in [0, 0.05) is 17.4 Å². The van der Waals surface area contributed by atoms with Crippen LogP contribution in [0, 0.1) is 0 Å². The second-order valence-corrected chi connectivity index (χ2v) is 1.78. The van der Waals surface area contributed by atoms with Crippen molar-refractivity contribution in [3.05, 3.63) is 0 Å². The first kappa shape index (κ1) is 44.1. The molecule has 16 heteroatoms. The van der Waals surface area contributed by atoms with Crippen molar-refractivity contribution in [1.29, 1.82) is 0 Å². The molecule has 22 heavy (non-hydrogen) atoms. The van der Waals surface area contributed by atoms with E-state index in [4.69, 9.17) is 59.4 Å². The minimum atomic E-state index is -2.07. The van der Waals surface area contributed by atoms with E-state index in [0.29, 0.717) is 0 Å². The summed E-state index contributed by atoms with van der Waals surface area (Å²) in [6.07, 6.45) is 0. The Morgan fingerprint density at radius 1 is 0.500 bits per heavy atom. The zero-order valence-corrected chi connectivity index (χ0v) is 22.1. The number of carboxylic acids is 6. The molecule has 108 valence electrons. The fourth-order valence-electron chi connectivity index (χ4n) is 0. The molecule has 0 radical (unpaired) electrons. The third-order valence-corrected chi connectivity index (χ3v) is 0.524. The predicted molar refractivity (Wildman–Crippen MR) is 37.9 cm³/mol. The van der Waals surface area contributed by atoms with E-state index in [1.165, 1.54) is 0 Å². The van der Waals surface area contributed by atoms with Gasteiger partial charge in [0.2, 0.25) is 0 Å². The third kappa shape index (κ3) is 49.5. The van der Waals surface area contributed by atoms with Crippen LogP contribution < -0.4 is 169 Å². The maximum absolute atomic E-state index is 9.04. The van der Waals surface area contributed by atoms with E-state index < -0.39 is 35.8 Å². The molecule has 0 spiro atoms. The molecule has 12 nitrogen and oxygen atoms in total. The molecule has 0 aliphatic rings. The summed E-state index contributed by atoms with van der Waals surface area (Å²) < 4.78 is 0. The van der Waals surface area contributed by atoms with Crippen LogP contribution in [0.4, 0.5) is 0 Å². The molecule has 0 rings (SSSR count). The van der Waals surface area contributed by atoms with Gasteiger partial charge in [-0.2, -0.15) is 0 Å². The number of hydrogen-bond donors (Lipinski definition) is 3. The van der Waals surface area contributed by atoms with Gasteiger partial charge in [-0.15, -0.1) is 0 Å². The molecule has 0 aliphatic heterocycles. The first-order valence-electron chi connectivity index (χ1n) is 3.26. The summed E-state index contributed by atoms with van der Waals surface area (Å²) >= 11 is 0. The molecule has 0 heterocycles. The number of carboxylic acid groups (broad SMARTS) is 6. The maximum atomic E-state index is 9.04. The van der Waals surface area contributed by atoms with Crippen molar-refractivity contribution in [3.8, 4) is 0 Å². The average molecular weight is 436 g/mol. The Hall–Kier alpha value is 2.26. The van der Waals surface area contributed by atoms with Gasteiger partial charge in [0.15, 0.2) is 17.9 Å². The summed E-state index contributed by atoms with van der Waals surface area (Å²) in [6, 6.07) is 0. The van der Waals surface area contributed by atoms with Crippen LogP contribution in [0.5, 0.6) is 0 Å². The van der Waals surface area contributed by atoms with E-state index in [9.17, 15) is 0 Å². The molecule has 0 amide bonds. The van der Waals surface area contributed by atoms with E-state index >= 15 is 0 Å². The molecule has 0 aromatic carbocycles. The van der Waals surface area contributed by atoms with Gasteiger partial charge in [0.1, 0.15) is 0 Å². The van der Waals surface area contributed by atoms with Crippen molar-refractivity contribution < 1.29 is 231 Å². The number of carbonyl (C=O) groups excluding carboxylic acids is 3. The van der Waals surface area contributed by atoms with Gasteiger partial charge in [-0.1, -0.05) is 0 Å². The van der Waals surface area contributed by atoms with Crippen LogP contribution in [0.2, 0.25) is 0 Å². The van der Waals surface area contributed by atoms with Crippen molar-refractivity contribution in [3.63, 3.8) is 0 Å². The minimum Gasteiger partial charge on any atom is -0.539 e. The van der Waals surface area contributed by atoms with Crippen molar-refractivity contribution in [1.82, 2.24) is 0 Å². The topological polar surface area (TPSA) is 232 Å². The number of rotatable bonds is 0. The standard InChI is InChI=1S/3C2H2O4.Cr.3K/c3*3-1(4)2(5)6;;;;/h3*(H,3,4)(H,5,6);;;;/q;;;;3*+1/p-3. The Morgan fingerprint density at radius 2 is 0.545 bits per heavy atom. The number of aliphatic carboxylic acids is 6. The first-order valence-corrected chi connectivity index (χ1v) is 3.26. The molecule has 0 saturated heterocycles. The van der Waals surface area contributed by atoms with Gasteiger partial charge in [-0.3, -0.25) is 0 Å². The molecule has 0 atom stereocenters. The molecular formula is C6H3CrK3O12.